The number of hydrogen-bond donors (Lipinski definition) is 0. The highest BCUT2D eigenvalue weighted by molar-refractivity contribution is 6.30. The van der Waals surface area contributed by atoms with Crippen LogP contribution in [0.15, 0.2) is 77.4 Å². The summed E-state index contributed by atoms with van der Waals surface area (Å²) in [5.41, 5.74) is 2.82. The number of aromatic nitrogens is 1. The molecule has 3 heteroatoms. The topological polar surface area (TPSA) is 26.0 Å². The third-order valence-corrected chi connectivity index (χ3v) is 3.91. The van der Waals surface area contributed by atoms with Crippen molar-refractivity contribution in [1.82, 2.24) is 4.98 Å². The van der Waals surface area contributed by atoms with E-state index in [-0.39, 0.29) is 0 Å². The van der Waals surface area contributed by atoms with Gasteiger partial charge >= 0.3 is 0 Å². The molecule has 0 aliphatic rings. The monoisotopic (exact) mass is 305 g/mol. The smallest absolute Gasteiger partial charge is 0.226 e. The van der Waals surface area contributed by atoms with Crippen LogP contribution in [0.5, 0.6) is 0 Å². The van der Waals surface area contributed by atoms with Crippen LogP contribution in [-0.4, -0.2) is 4.98 Å². The summed E-state index contributed by atoms with van der Waals surface area (Å²) >= 11 is 5.91. The van der Waals surface area contributed by atoms with Crippen LogP contribution in [0.2, 0.25) is 5.02 Å². The van der Waals surface area contributed by atoms with Crippen molar-refractivity contribution in [2.45, 2.75) is 0 Å². The third-order valence-electron chi connectivity index (χ3n) is 3.66. The first-order valence-corrected chi connectivity index (χ1v) is 7.39. The van der Waals surface area contributed by atoms with Crippen LogP contribution < -0.4 is 0 Å². The Morgan fingerprint density at radius 2 is 1.59 bits per heavy atom. The van der Waals surface area contributed by atoms with Gasteiger partial charge in [0.1, 0.15) is 12.0 Å². The fourth-order valence-corrected chi connectivity index (χ4v) is 2.70. The van der Waals surface area contributed by atoms with Gasteiger partial charge in [-0.2, -0.15) is 0 Å². The Bertz CT molecular complexity index is 936. The van der Waals surface area contributed by atoms with Crippen molar-refractivity contribution in [2.75, 3.05) is 0 Å². The average molecular weight is 306 g/mol. The van der Waals surface area contributed by atoms with Crippen LogP contribution in [0.25, 0.3) is 33.5 Å². The lowest BCUT2D eigenvalue weighted by atomic mass is 10.0. The van der Waals surface area contributed by atoms with E-state index in [0.29, 0.717) is 10.9 Å². The standard InChI is InChI=1S/C19H12ClNO/c20-15-10-8-14(9-11-15)19-21-18(12-22-19)17-7-3-5-13-4-1-2-6-16(13)17/h1-12H. The number of nitrogens with zero attached hydrogens (tertiary/aromatic N) is 1. The predicted molar refractivity (Wildman–Crippen MR) is 89.9 cm³/mol. The molecule has 1 aromatic heterocycles. The number of halogens is 1. The highest BCUT2D eigenvalue weighted by atomic mass is 35.5. The Morgan fingerprint density at radius 3 is 2.45 bits per heavy atom. The van der Waals surface area contributed by atoms with E-state index in [1.165, 1.54) is 10.8 Å². The Balaban J connectivity index is 1.82. The zero-order valence-corrected chi connectivity index (χ0v) is 12.4. The number of benzene rings is 3. The van der Waals surface area contributed by atoms with Crippen LogP contribution in [0.4, 0.5) is 0 Å². The summed E-state index contributed by atoms with van der Waals surface area (Å²) in [6.45, 7) is 0. The van der Waals surface area contributed by atoms with Gasteiger partial charge < -0.3 is 4.42 Å². The van der Waals surface area contributed by atoms with Crippen molar-refractivity contribution in [3.05, 3.63) is 78.0 Å². The largest absolute Gasteiger partial charge is 0.444 e. The summed E-state index contributed by atoms with van der Waals surface area (Å²) in [5, 5.41) is 3.06. The molecular weight excluding hydrogens is 294 g/mol. The first-order valence-electron chi connectivity index (χ1n) is 7.01. The second-order valence-corrected chi connectivity index (χ2v) is 5.51. The van der Waals surface area contributed by atoms with Crippen molar-refractivity contribution in [3.8, 4) is 22.7 Å². The average Bonchev–Trinajstić information content (AvgIpc) is 3.05. The molecule has 1 heterocycles. The van der Waals surface area contributed by atoms with Gasteiger partial charge in [-0.25, -0.2) is 4.98 Å². The van der Waals surface area contributed by atoms with E-state index in [0.717, 1.165) is 16.8 Å². The molecule has 0 atom stereocenters. The predicted octanol–water partition coefficient (Wildman–Crippen LogP) is 5.82. The van der Waals surface area contributed by atoms with Gasteiger partial charge in [-0.15, -0.1) is 0 Å². The lowest BCUT2D eigenvalue weighted by Crippen LogP contribution is -1.82. The zero-order valence-electron chi connectivity index (χ0n) is 11.7. The fourth-order valence-electron chi connectivity index (χ4n) is 2.57. The van der Waals surface area contributed by atoms with Gasteiger partial charge in [-0.1, -0.05) is 54.1 Å². The molecule has 4 rings (SSSR count). The maximum atomic E-state index is 5.91. The molecule has 0 radical (unpaired) electrons. The molecule has 0 unspecified atom stereocenters. The molecular formula is C19H12ClNO. The van der Waals surface area contributed by atoms with E-state index in [1.54, 1.807) is 6.26 Å². The molecule has 0 saturated carbocycles. The lowest BCUT2D eigenvalue weighted by molar-refractivity contribution is 0.575. The molecule has 4 aromatic rings. The molecule has 0 N–H and O–H groups in total. The summed E-state index contributed by atoms with van der Waals surface area (Å²) in [5.74, 6) is 0.597. The van der Waals surface area contributed by atoms with E-state index in [4.69, 9.17) is 16.0 Å². The number of oxazole rings is 1. The van der Waals surface area contributed by atoms with Crippen LogP contribution in [0, 0.1) is 0 Å². The summed E-state index contributed by atoms with van der Waals surface area (Å²) in [4.78, 5) is 4.62. The summed E-state index contributed by atoms with van der Waals surface area (Å²) in [7, 11) is 0. The van der Waals surface area contributed by atoms with Crippen molar-refractivity contribution in [3.63, 3.8) is 0 Å². The molecule has 22 heavy (non-hydrogen) atoms. The van der Waals surface area contributed by atoms with Gasteiger partial charge in [0.05, 0.1) is 0 Å². The van der Waals surface area contributed by atoms with E-state index in [9.17, 15) is 0 Å². The zero-order chi connectivity index (χ0) is 14.9. The van der Waals surface area contributed by atoms with Gasteiger partial charge in [0.25, 0.3) is 0 Å². The molecule has 0 bridgehead atoms. The highest BCUT2D eigenvalue weighted by Gasteiger charge is 2.10. The number of fused-ring (bicyclic) bond motifs is 1. The molecule has 0 aliphatic heterocycles. The molecule has 0 fully saturated rings. The SMILES string of the molecule is Clc1ccc(-c2nc(-c3cccc4ccccc34)co2)cc1. The van der Waals surface area contributed by atoms with Crippen molar-refractivity contribution in [2.24, 2.45) is 0 Å². The molecule has 0 saturated heterocycles. The van der Waals surface area contributed by atoms with E-state index in [2.05, 4.69) is 29.2 Å². The summed E-state index contributed by atoms with van der Waals surface area (Å²) < 4.78 is 5.64. The summed E-state index contributed by atoms with van der Waals surface area (Å²) in [6.07, 6.45) is 1.70. The number of rotatable bonds is 2. The molecule has 0 spiro atoms. The number of hydrogen-bond acceptors (Lipinski definition) is 2. The molecule has 0 aliphatic carbocycles. The highest BCUT2D eigenvalue weighted by Crippen LogP contribution is 2.30. The van der Waals surface area contributed by atoms with Crippen molar-refractivity contribution >= 4 is 22.4 Å². The van der Waals surface area contributed by atoms with Gasteiger partial charge in [0.15, 0.2) is 0 Å². The van der Waals surface area contributed by atoms with Gasteiger partial charge in [0.2, 0.25) is 5.89 Å². The second kappa shape index (κ2) is 5.32. The Kier molecular flexibility index (Phi) is 3.17. The van der Waals surface area contributed by atoms with Crippen LogP contribution in [0.3, 0.4) is 0 Å². The van der Waals surface area contributed by atoms with E-state index < -0.39 is 0 Å². The van der Waals surface area contributed by atoms with Crippen LogP contribution in [-0.2, 0) is 0 Å². The Labute approximate surface area is 133 Å². The third kappa shape index (κ3) is 2.28. The first-order chi connectivity index (χ1) is 10.8. The van der Waals surface area contributed by atoms with Crippen molar-refractivity contribution < 1.29 is 4.42 Å². The minimum Gasteiger partial charge on any atom is -0.444 e. The van der Waals surface area contributed by atoms with Gasteiger partial charge in [-0.3, -0.25) is 0 Å². The van der Waals surface area contributed by atoms with Gasteiger partial charge in [-0.05, 0) is 35.0 Å². The first kappa shape index (κ1) is 13.1. The molecule has 3 aromatic carbocycles. The second-order valence-electron chi connectivity index (χ2n) is 5.07. The Morgan fingerprint density at radius 1 is 0.818 bits per heavy atom. The minimum absolute atomic E-state index is 0.597. The minimum atomic E-state index is 0.597. The summed E-state index contributed by atoms with van der Waals surface area (Å²) in [6, 6.07) is 21.9. The van der Waals surface area contributed by atoms with E-state index in [1.807, 2.05) is 42.5 Å². The quantitative estimate of drug-likeness (QED) is 0.466. The van der Waals surface area contributed by atoms with E-state index >= 15 is 0 Å². The Hall–Kier alpha value is -2.58. The molecule has 106 valence electrons. The maximum Gasteiger partial charge on any atom is 0.226 e. The van der Waals surface area contributed by atoms with Crippen LogP contribution in [0.1, 0.15) is 0 Å². The normalized spacial score (nSPS) is 11.0. The molecule has 0 amide bonds. The molecule has 2 nitrogen and oxygen atoms in total. The van der Waals surface area contributed by atoms with Crippen molar-refractivity contribution in [1.29, 1.82) is 0 Å². The maximum absolute atomic E-state index is 5.91. The van der Waals surface area contributed by atoms with Crippen LogP contribution >= 0.6 is 11.6 Å². The fraction of sp³-hybridized carbons (Fsp3) is 0. The lowest BCUT2D eigenvalue weighted by Gasteiger charge is -2.02. The van der Waals surface area contributed by atoms with Gasteiger partial charge in [0, 0.05) is 16.1 Å².